The molecule has 0 amide bonds. The highest BCUT2D eigenvalue weighted by atomic mass is 32.1. The molecule has 333 valence electrons. The summed E-state index contributed by atoms with van der Waals surface area (Å²) < 4.78 is 5.26. The molecule has 3 heterocycles. The first-order valence-corrected chi connectivity index (χ1v) is 25.7. The Balaban J connectivity index is 1.13. The summed E-state index contributed by atoms with van der Waals surface area (Å²) in [6.07, 6.45) is 2.38. The summed E-state index contributed by atoms with van der Waals surface area (Å²) in [4.78, 5) is 0. The monoisotopic (exact) mass is 905 g/mol. The molecule has 1 aliphatic heterocycles. The van der Waals surface area contributed by atoms with E-state index >= 15 is 0 Å². The second-order valence-electron chi connectivity index (χ2n) is 22.4. The van der Waals surface area contributed by atoms with Gasteiger partial charge in [0.15, 0.2) is 7.28 Å². The summed E-state index contributed by atoms with van der Waals surface area (Å²) >= 11 is 1.90. The highest BCUT2D eigenvalue weighted by molar-refractivity contribution is 7.25. The molecule has 1 N–H and O–H groups in total. The average Bonchev–Trinajstić information content (AvgIpc) is 3.96. The molecule has 2 nitrogen and oxygen atoms in total. The van der Waals surface area contributed by atoms with E-state index in [1.54, 1.807) is 0 Å². The van der Waals surface area contributed by atoms with E-state index in [9.17, 15) is 0 Å². The summed E-state index contributed by atoms with van der Waals surface area (Å²) in [7, 11) is 2.50. The Kier molecular flexibility index (Phi) is 8.41. The molecule has 0 spiro atoms. The number of hydrogen-bond donors (Lipinski definition) is 1. The Morgan fingerprint density at radius 3 is 1.99 bits per heavy atom. The molecule has 0 unspecified atom stereocenters. The van der Waals surface area contributed by atoms with Gasteiger partial charge >= 0.3 is 0 Å². The number of benzene rings is 9. The fourth-order valence-corrected chi connectivity index (χ4v) is 14.0. The molecule has 2 aliphatic carbocycles. The maximum atomic E-state index is 4.06. The largest absolute Gasteiger partial charge is 0.355 e. The van der Waals surface area contributed by atoms with Gasteiger partial charge in [-0.15, -0.1) is 11.3 Å². The molecule has 0 bridgehead atoms. The number of nitrogens with zero attached hydrogens (tertiary/aromatic N) is 1. The van der Waals surface area contributed by atoms with Crippen LogP contribution in [0.1, 0.15) is 87.8 Å². The SMILES string of the molecule is Cc1ccc(Nc2cc3c(cc2-c2cc(-c4ccc5c(c4)sc4ccccc45)c4c5ccc6ccccc6c5n5c4c2[B]c2cc(C)ccc2-5)-c2cc4c(cc2C3(C)C)C(C)(C)CCC4(C)C)cc1. The zero-order chi connectivity index (χ0) is 46.9. The zero-order valence-corrected chi connectivity index (χ0v) is 41.6. The van der Waals surface area contributed by atoms with Gasteiger partial charge in [-0.3, -0.25) is 0 Å². The van der Waals surface area contributed by atoms with Crippen LogP contribution in [0.2, 0.25) is 0 Å². The maximum absolute atomic E-state index is 4.06. The van der Waals surface area contributed by atoms with Gasteiger partial charge in [-0.1, -0.05) is 155 Å². The first-order chi connectivity index (χ1) is 33.2. The number of rotatable bonds is 4. The molecule has 0 saturated carbocycles. The Morgan fingerprint density at radius 1 is 0.507 bits per heavy atom. The molecule has 11 aromatic rings. The van der Waals surface area contributed by atoms with Gasteiger partial charge < -0.3 is 9.88 Å². The van der Waals surface area contributed by atoms with Gasteiger partial charge in [-0.2, -0.15) is 0 Å². The van der Waals surface area contributed by atoms with Crippen molar-refractivity contribution in [2.75, 3.05) is 5.32 Å². The summed E-state index contributed by atoms with van der Waals surface area (Å²) in [6.45, 7) is 19.1. The standard InChI is InChI=1S/C65H54BN2S/c1-36-17-22-40(23-18-36)67-55-35-51-46(47-33-52-53(34-50(47)65(51,7)8)64(5,6)28-27-63(52,3)4)32-48(55)49-31-45(39-21-24-43-42-15-11-12-16-57(42)69-58(43)30-39)59-44-25-20-38-13-9-10-14-41(38)61(44)68-56-26-19-37(2)29-54(56)66-60(49)62(59)68/h9-26,29-35,67H,27-28H2,1-8H3. The first-order valence-electron chi connectivity index (χ1n) is 24.9. The van der Waals surface area contributed by atoms with Crippen molar-refractivity contribution >= 4 is 93.7 Å². The molecule has 0 fully saturated rings. The summed E-state index contributed by atoms with van der Waals surface area (Å²) in [5, 5.41) is 11.8. The number of aryl methyl sites for hydroxylation is 2. The number of hydrogen-bond acceptors (Lipinski definition) is 2. The fourth-order valence-electron chi connectivity index (χ4n) is 12.8. The van der Waals surface area contributed by atoms with E-state index in [2.05, 4.69) is 224 Å². The van der Waals surface area contributed by atoms with Gasteiger partial charge in [0, 0.05) is 69.9 Å². The third-order valence-electron chi connectivity index (χ3n) is 16.8. The molecule has 69 heavy (non-hydrogen) atoms. The molecule has 2 aromatic heterocycles. The fraction of sp³-hybridized carbons (Fsp3) is 0.200. The lowest BCUT2D eigenvalue weighted by molar-refractivity contribution is 0.331. The van der Waals surface area contributed by atoms with Crippen molar-refractivity contribution in [1.29, 1.82) is 0 Å². The summed E-state index contributed by atoms with van der Waals surface area (Å²) in [5.74, 6) is 0. The second kappa shape index (κ2) is 14.1. The van der Waals surface area contributed by atoms with E-state index in [1.165, 1.54) is 149 Å². The number of aromatic nitrogens is 1. The normalized spacial score (nSPS) is 15.9. The number of thiophene rings is 1. The molecule has 0 atom stereocenters. The van der Waals surface area contributed by atoms with Crippen molar-refractivity contribution < 1.29 is 0 Å². The molecule has 9 aromatic carbocycles. The molecule has 0 saturated heterocycles. The number of anilines is 2. The molecule has 4 heteroatoms. The van der Waals surface area contributed by atoms with Gasteiger partial charge in [-0.25, -0.2) is 0 Å². The van der Waals surface area contributed by atoms with Gasteiger partial charge in [-0.05, 0) is 153 Å². The van der Waals surface area contributed by atoms with Crippen LogP contribution in [0.3, 0.4) is 0 Å². The Bertz CT molecular complexity index is 4060. The van der Waals surface area contributed by atoms with E-state index in [4.69, 9.17) is 0 Å². The van der Waals surface area contributed by atoms with Crippen LogP contribution < -0.4 is 16.2 Å². The van der Waals surface area contributed by atoms with Crippen molar-refractivity contribution in [3.05, 3.63) is 185 Å². The third kappa shape index (κ3) is 5.85. The highest BCUT2D eigenvalue weighted by Crippen LogP contribution is 2.57. The average molecular weight is 906 g/mol. The maximum Gasteiger partial charge on any atom is 0.197 e. The Labute approximate surface area is 409 Å². The minimum Gasteiger partial charge on any atom is -0.355 e. The van der Waals surface area contributed by atoms with Gasteiger partial charge in [0.05, 0.1) is 5.52 Å². The van der Waals surface area contributed by atoms with Crippen LogP contribution in [0.4, 0.5) is 11.4 Å². The van der Waals surface area contributed by atoms with Gasteiger partial charge in [0.1, 0.15) is 0 Å². The predicted octanol–water partition coefficient (Wildman–Crippen LogP) is 16.6. The van der Waals surface area contributed by atoms with Crippen LogP contribution in [0.15, 0.2) is 152 Å². The molecule has 1 radical (unpaired) electrons. The van der Waals surface area contributed by atoms with Crippen molar-refractivity contribution in [3.8, 4) is 39.1 Å². The molecular weight excluding hydrogens is 852 g/mol. The van der Waals surface area contributed by atoms with Gasteiger partial charge in [0.25, 0.3) is 0 Å². The number of nitrogens with one attached hydrogen (secondary N) is 1. The van der Waals surface area contributed by atoms with E-state index in [0.717, 1.165) is 11.4 Å². The smallest absolute Gasteiger partial charge is 0.197 e. The summed E-state index contributed by atoms with van der Waals surface area (Å²) in [5.41, 5.74) is 24.5. The van der Waals surface area contributed by atoms with Crippen molar-refractivity contribution in [3.63, 3.8) is 0 Å². The van der Waals surface area contributed by atoms with Crippen molar-refractivity contribution in [2.24, 2.45) is 0 Å². The second-order valence-corrected chi connectivity index (χ2v) is 23.5. The van der Waals surface area contributed by atoms with Crippen LogP contribution >= 0.6 is 11.3 Å². The lowest BCUT2D eigenvalue weighted by Gasteiger charge is -2.42. The van der Waals surface area contributed by atoms with Crippen LogP contribution in [-0.2, 0) is 16.2 Å². The Morgan fingerprint density at radius 2 is 1.17 bits per heavy atom. The molecule has 3 aliphatic rings. The highest BCUT2D eigenvalue weighted by Gasteiger charge is 2.43. The third-order valence-corrected chi connectivity index (χ3v) is 17.9. The first kappa shape index (κ1) is 41.1. The molecule has 14 rings (SSSR count). The zero-order valence-electron chi connectivity index (χ0n) is 40.8. The van der Waals surface area contributed by atoms with Crippen molar-refractivity contribution in [2.45, 2.75) is 84.5 Å². The van der Waals surface area contributed by atoms with E-state index in [0.29, 0.717) is 0 Å². The van der Waals surface area contributed by atoms with Crippen molar-refractivity contribution in [1.82, 2.24) is 4.57 Å². The van der Waals surface area contributed by atoms with Crippen LogP contribution in [0.25, 0.3) is 91.8 Å². The van der Waals surface area contributed by atoms with E-state index in [-0.39, 0.29) is 16.2 Å². The topological polar surface area (TPSA) is 17.0 Å². The quantitative estimate of drug-likeness (QED) is 0.174. The number of fused-ring (bicyclic) bond motifs is 14. The van der Waals surface area contributed by atoms with E-state index in [1.807, 2.05) is 11.3 Å². The lowest BCUT2D eigenvalue weighted by Crippen LogP contribution is -2.37. The molecular formula is C65H54BN2S. The lowest BCUT2D eigenvalue weighted by atomic mass is 9.58. The predicted molar refractivity (Wildman–Crippen MR) is 299 cm³/mol. The Hall–Kier alpha value is -6.88. The van der Waals surface area contributed by atoms with Crippen LogP contribution in [-0.4, -0.2) is 11.8 Å². The van der Waals surface area contributed by atoms with Crippen LogP contribution in [0, 0.1) is 13.8 Å². The van der Waals surface area contributed by atoms with Crippen LogP contribution in [0.5, 0.6) is 0 Å². The van der Waals surface area contributed by atoms with Gasteiger partial charge in [0.2, 0.25) is 0 Å². The minimum absolute atomic E-state index is 0.0975. The summed E-state index contributed by atoms with van der Waals surface area (Å²) in [6, 6.07) is 58.6. The van der Waals surface area contributed by atoms with E-state index < -0.39 is 0 Å². The minimum atomic E-state index is -0.196.